The standard InChI is InChI=1S/C20H24FN3O3/c1-2-27-20(26)16-10-6-11-17(21)19(16)22-18(25)14-23-12-7-13-24(23)15-8-4-3-5-9-15/h6-7,10-13,15H,2-5,8-9,14H2,1H3/p+1. The van der Waals surface area contributed by atoms with E-state index < -0.39 is 17.7 Å². The zero-order chi connectivity index (χ0) is 19.2. The summed E-state index contributed by atoms with van der Waals surface area (Å²) in [6, 6.07) is 6.34. The number of anilines is 1. The van der Waals surface area contributed by atoms with Gasteiger partial charge in [-0.05, 0) is 31.9 Å². The van der Waals surface area contributed by atoms with Gasteiger partial charge in [0.1, 0.15) is 5.82 Å². The highest BCUT2D eigenvalue weighted by Gasteiger charge is 2.24. The molecule has 6 nitrogen and oxygen atoms in total. The first-order valence-electron chi connectivity index (χ1n) is 9.42. The van der Waals surface area contributed by atoms with Crippen LogP contribution in [-0.4, -0.2) is 23.2 Å². The Kier molecular flexibility index (Phi) is 6.21. The molecule has 1 saturated carbocycles. The third-order valence-electron chi connectivity index (χ3n) is 4.82. The van der Waals surface area contributed by atoms with E-state index in [-0.39, 0.29) is 24.4 Å². The smallest absolute Gasteiger partial charge is 0.340 e. The molecule has 0 unspecified atom stereocenters. The van der Waals surface area contributed by atoms with Crippen LogP contribution in [0.3, 0.4) is 0 Å². The molecule has 1 N–H and O–H groups in total. The van der Waals surface area contributed by atoms with Crippen LogP contribution < -0.4 is 10.00 Å². The van der Waals surface area contributed by atoms with Crippen LogP contribution in [0.15, 0.2) is 36.7 Å². The van der Waals surface area contributed by atoms with Crippen molar-refractivity contribution < 1.29 is 23.4 Å². The number of rotatable bonds is 6. The van der Waals surface area contributed by atoms with Gasteiger partial charge < -0.3 is 10.1 Å². The van der Waals surface area contributed by atoms with E-state index in [1.165, 1.54) is 37.5 Å². The lowest BCUT2D eigenvalue weighted by molar-refractivity contribution is -0.767. The van der Waals surface area contributed by atoms with Gasteiger partial charge in [0, 0.05) is 6.07 Å². The summed E-state index contributed by atoms with van der Waals surface area (Å²) in [7, 11) is 0. The van der Waals surface area contributed by atoms with Crippen LogP contribution in [0.5, 0.6) is 0 Å². The van der Waals surface area contributed by atoms with Gasteiger partial charge in [-0.15, -0.1) is 4.68 Å². The fourth-order valence-electron chi connectivity index (χ4n) is 3.56. The molecule has 3 rings (SSSR count). The minimum Gasteiger partial charge on any atom is -0.462 e. The summed E-state index contributed by atoms with van der Waals surface area (Å²) in [6.07, 6.45) is 9.62. The first kappa shape index (κ1) is 19.1. The summed E-state index contributed by atoms with van der Waals surface area (Å²) in [6.45, 7) is 1.89. The van der Waals surface area contributed by atoms with Crippen molar-refractivity contribution in [2.75, 3.05) is 11.9 Å². The van der Waals surface area contributed by atoms with Crippen molar-refractivity contribution in [2.45, 2.75) is 51.6 Å². The second-order valence-electron chi connectivity index (χ2n) is 6.69. The Morgan fingerprint density at radius 2 is 2.04 bits per heavy atom. The number of nitrogens with one attached hydrogen (secondary N) is 1. The number of para-hydroxylation sites is 1. The molecule has 1 aliphatic carbocycles. The molecule has 1 fully saturated rings. The van der Waals surface area contributed by atoms with Crippen molar-refractivity contribution in [3.8, 4) is 0 Å². The van der Waals surface area contributed by atoms with Gasteiger partial charge in [0.25, 0.3) is 5.91 Å². The first-order valence-corrected chi connectivity index (χ1v) is 9.42. The molecule has 27 heavy (non-hydrogen) atoms. The average molecular weight is 374 g/mol. The van der Waals surface area contributed by atoms with E-state index >= 15 is 0 Å². The predicted octanol–water partition coefficient (Wildman–Crippen LogP) is 3.24. The summed E-state index contributed by atoms with van der Waals surface area (Å²) >= 11 is 0. The molecule has 1 amide bonds. The normalized spacial score (nSPS) is 14.7. The lowest BCUT2D eigenvalue weighted by Crippen LogP contribution is -2.48. The minimum absolute atomic E-state index is 0.0119. The molecule has 1 aliphatic rings. The van der Waals surface area contributed by atoms with E-state index in [0.29, 0.717) is 6.04 Å². The van der Waals surface area contributed by atoms with Crippen LogP contribution in [-0.2, 0) is 16.1 Å². The van der Waals surface area contributed by atoms with Crippen LogP contribution >= 0.6 is 0 Å². The monoisotopic (exact) mass is 374 g/mol. The number of carbonyl (C=O) groups excluding carboxylic acids is 2. The van der Waals surface area contributed by atoms with E-state index in [0.717, 1.165) is 12.8 Å². The lowest BCUT2D eigenvalue weighted by atomic mass is 9.96. The number of esters is 1. The van der Waals surface area contributed by atoms with E-state index in [4.69, 9.17) is 4.74 Å². The molecule has 7 heteroatoms. The van der Waals surface area contributed by atoms with Gasteiger partial charge in [0.05, 0.1) is 30.1 Å². The van der Waals surface area contributed by atoms with Gasteiger partial charge >= 0.3 is 5.97 Å². The second-order valence-corrected chi connectivity index (χ2v) is 6.69. The van der Waals surface area contributed by atoms with Crippen LogP contribution in [0.4, 0.5) is 10.1 Å². The summed E-state index contributed by atoms with van der Waals surface area (Å²) in [5, 5.41) is 2.54. The highest BCUT2D eigenvalue weighted by molar-refractivity contribution is 6.01. The zero-order valence-corrected chi connectivity index (χ0v) is 15.5. The molecule has 0 saturated heterocycles. The molecular weight excluding hydrogens is 349 g/mol. The maximum atomic E-state index is 14.2. The van der Waals surface area contributed by atoms with E-state index in [1.54, 1.807) is 6.92 Å². The Morgan fingerprint density at radius 3 is 2.78 bits per heavy atom. The maximum Gasteiger partial charge on any atom is 0.340 e. The van der Waals surface area contributed by atoms with Crippen molar-refractivity contribution in [2.24, 2.45) is 0 Å². The number of ether oxygens (including phenoxy) is 1. The summed E-state index contributed by atoms with van der Waals surface area (Å²) < 4.78 is 23.1. The Hall–Kier alpha value is -2.70. The Morgan fingerprint density at radius 1 is 1.26 bits per heavy atom. The number of halogens is 1. The van der Waals surface area contributed by atoms with Crippen molar-refractivity contribution in [3.05, 3.63) is 48.0 Å². The molecule has 0 atom stereocenters. The topological polar surface area (TPSA) is 64.2 Å². The average Bonchev–Trinajstić information content (AvgIpc) is 3.12. The highest BCUT2D eigenvalue weighted by atomic mass is 19.1. The summed E-state index contributed by atoms with van der Waals surface area (Å²) in [5.41, 5.74) is -0.129. The van der Waals surface area contributed by atoms with Crippen LogP contribution in [0.25, 0.3) is 0 Å². The van der Waals surface area contributed by atoms with E-state index in [1.807, 2.05) is 23.1 Å². The fourth-order valence-corrected chi connectivity index (χ4v) is 3.56. The molecule has 0 spiro atoms. The predicted molar refractivity (Wildman–Crippen MR) is 97.7 cm³/mol. The highest BCUT2D eigenvalue weighted by Crippen LogP contribution is 2.26. The number of amides is 1. The van der Waals surface area contributed by atoms with Crippen molar-refractivity contribution in [1.82, 2.24) is 4.68 Å². The number of hydrogen-bond donors (Lipinski definition) is 1. The van der Waals surface area contributed by atoms with Crippen molar-refractivity contribution >= 4 is 17.6 Å². The maximum absolute atomic E-state index is 14.2. The number of hydrogen-bond acceptors (Lipinski definition) is 3. The van der Waals surface area contributed by atoms with E-state index in [2.05, 4.69) is 10.00 Å². The summed E-state index contributed by atoms with van der Waals surface area (Å²) in [4.78, 5) is 24.6. The molecule has 1 aromatic heterocycles. The van der Waals surface area contributed by atoms with Crippen LogP contribution in [0, 0.1) is 5.82 Å². The number of nitrogens with zero attached hydrogens (tertiary/aromatic N) is 2. The minimum atomic E-state index is -0.665. The fraction of sp³-hybridized carbons (Fsp3) is 0.450. The summed E-state index contributed by atoms with van der Waals surface area (Å²) in [5.74, 6) is -1.72. The molecular formula is C20H25FN3O3+. The van der Waals surface area contributed by atoms with Gasteiger partial charge in [0.2, 0.25) is 6.54 Å². The quantitative estimate of drug-likeness (QED) is 0.624. The number of benzene rings is 1. The van der Waals surface area contributed by atoms with Gasteiger partial charge in [0.15, 0.2) is 6.20 Å². The Bertz CT molecular complexity index is 813. The van der Waals surface area contributed by atoms with E-state index in [9.17, 15) is 14.0 Å². The third kappa shape index (κ3) is 4.53. The molecule has 1 heterocycles. The van der Waals surface area contributed by atoms with Gasteiger partial charge in [-0.2, -0.15) is 4.68 Å². The first-order chi connectivity index (χ1) is 13.1. The Balaban J connectivity index is 1.74. The number of carbonyl (C=O) groups is 2. The van der Waals surface area contributed by atoms with Gasteiger partial charge in [-0.1, -0.05) is 25.3 Å². The molecule has 0 bridgehead atoms. The Labute approximate surface area is 157 Å². The van der Waals surface area contributed by atoms with Crippen LogP contribution in [0.1, 0.15) is 55.4 Å². The van der Waals surface area contributed by atoms with Crippen LogP contribution in [0.2, 0.25) is 0 Å². The largest absolute Gasteiger partial charge is 0.462 e. The molecule has 144 valence electrons. The van der Waals surface area contributed by atoms with Gasteiger partial charge in [-0.3, -0.25) is 4.79 Å². The van der Waals surface area contributed by atoms with Crippen molar-refractivity contribution in [1.29, 1.82) is 0 Å². The molecule has 2 aromatic rings. The molecule has 1 aromatic carbocycles. The molecule has 0 radical (unpaired) electrons. The SMILES string of the molecule is CCOC(=O)c1cccc(F)c1NC(=O)C[n+]1cccn1C1CCCCC1. The van der Waals surface area contributed by atoms with Gasteiger partial charge in [-0.25, -0.2) is 9.18 Å². The number of aromatic nitrogens is 2. The second kappa shape index (κ2) is 8.79. The third-order valence-corrected chi connectivity index (χ3v) is 4.82. The lowest BCUT2D eigenvalue weighted by Gasteiger charge is -2.20. The molecule has 0 aliphatic heterocycles. The van der Waals surface area contributed by atoms with Crippen molar-refractivity contribution in [3.63, 3.8) is 0 Å². The zero-order valence-electron chi connectivity index (χ0n) is 15.5.